The number of thiocyanates is 1. The lowest BCUT2D eigenvalue weighted by atomic mass is 10.0. The van der Waals surface area contributed by atoms with E-state index in [4.69, 9.17) is 19.2 Å². The summed E-state index contributed by atoms with van der Waals surface area (Å²) in [6, 6.07) is 1.04. The zero-order chi connectivity index (χ0) is 25.0. The van der Waals surface area contributed by atoms with Crippen molar-refractivity contribution in [3.05, 3.63) is 0 Å². The average molecular weight is 516 g/mol. The second kappa shape index (κ2) is 28.7. The molecule has 0 aromatic rings. The van der Waals surface area contributed by atoms with Crippen LogP contribution >= 0.6 is 11.8 Å². The Morgan fingerprint density at radius 1 is 0.765 bits per heavy atom. The van der Waals surface area contributed by atoms with Crippen LogP contribution in [0.25, 0.3) is 0 Å². The molecule has 5 nitrogen and oxygen atoms in total. The van der Waals surface area contributed by atoms with Crippen molar-refractivity contribution in [2.75, 3.05) is 19.0 Å². The van der Waals surface area contributed by atoms with E-state index in [9.17, 15) is 4.79 Å². The summed E-state index contributed by atoms with van der Waals surface area (Å²) in [5.41, 5.74) is 0. The molecule has 0 heterocycles. The number of unbranched alkanes of at least 4 members (excludes halogenated alkanes) is 14. The normalized spacial score (nSPS) is 11.5. The molecule has 200 valence electrons. The van der Waals surface area contributed by atoms with Crippen LogP contribution in [-0.4, -0.2) is 41.0 Å². The molecule has 0 unspecified atom stereocenters. The number of thioether (sulfide) groups is 1. The summed E-state index contributed by atoms with van der Waals surface area (Å²) in [5, 5.41) is 10.5. The standard InChI is InChI=1S/C27H53NO4SSi/c1-3-30-27(31-4-2)22-18-16-14-12-10-8-6-5-7-9-11-13-15-17-21-26(29)32-34-24-20-19-23-33-25-28/h27H,3-24,34H2,1-2H3. The fourth-order valence-electron chi connectivity index (χ4n) is 4.05. The molecular weight excluding hydrogens is 462 g/mol. The molecular formula is C27H53NO4SSi. The first kappa shape index (κ1) is 33.4. The summed E-state index contributed by atoms with van der Waals surface area (Å²) in [4.78, 5) is 11.7. The first-order chi connectivity index (χ1) is 16.7. The minimum absolute atomic E-state index is 0.000348. The summed E-state index contributed by atoms with van der Waals surface area (Å²) in [5.74, 6) is 0.906. The zero-order valence-electron chi connectivity index (χ0n) is 22.3. The van der Waals surface area contributed by atoms with E-state index in [2.05, 4.69) is 5.40 Å². The molecule has 0 spiro atoms. The van der Waals surface area contributed by atoms with Gasteiger partial charge in [-0.25, -0.2) is 0 Å². The van der Waals surface area contributed by atoms with Gasteiger partial charge in [-0.3, -0.25) is 4.79 Å². The van der Waals surface area contributed by atoms with Crippen LogP contribution in [0.4, 0.5) is 0 Å². The van der Waals surface area contributed by atoms with Crippen molar-refractivity contribution in [1.82, 2.24) is 0 Å². The molecule has 34 heavy (non-hydrogen) atoms. The SMILES string of the molecule is CCOC(CCCCCCCCCCCCCCCCC(=O)O[SiH2]CCCCSC#N)OCC. The number of hydrogen-bond donors (Lipinski definition) is 0. The quantitative estimate of drug-likeness (QED) is 0.0484. The Kier molecular flexibility index (Phi) is 28.2. The van der Waals surface area contributed by atoms with Gasteiger partial charge in [0, 0.05) is 25.4 Å². The summed E-state index contributed by atoms with van der Waals surface area (Å²) < 4.78 is 16.6. The molecule has 0 saturated heterocycles. The van der Waals surface area contributed by atoms with E-state index < -0.39 is 9.76 Å². The van der Waals surface area contributed by atoms with Crippen LogP contribution in [-0.2, 0) is 18.7 Å². The first-order valence-corrected chi connectivity index (χ1v) is 16.7. The van der Waals surface area contributed by atoms with E-state index in [0.717, 1.165) is 57.1 Å². The van der Waals surface area contributed by atoms with Crippen LogP contribution in [0.1, 0.15) is 129 Å². The summed E-state index contributed by atoms with van der Waals surface area (Å²) >= 11 is 1.31. The highest BCUT2D eigenvalue weighted by Gasteiger charge is 2.06. The Balaban J connectivity index is 3.22. The van der Waals surface area contributed by atoms with Crippen LogP contribution in [0, 0.1) is 10.7 Å². The molecule has 0 atom stereocenters. The Labute approximate surface area is 217 Å². The van der Waals surface area contributed by atoms with Crippen molar-refractivity contribution in [3.63, 3.8) is 0 Å². The topological polar surface area (TPSA) is 68.5 Å². The zero-order valence-corrected chi connectivity index (χ0v) is 24.6. The van der Waals surface area contributed by atoms with Crippen molar-refractivity contribution >= 4 is 27.5 Å². The van der Waals surface area contributed by atoms with Gasteiger partial charge in [-0.1, -0.05) is 83.5 Å². The third kappa shape index (κ3) is 26.1. The van der Waals surface area contributed by atoms with Gasteiger partial charge in [0.25, 0.3) is 5.97 Å². The van der Waals surface area contributed by atoms with Gasteiger partial charge >= 0.3 is 0 Å². The van der Waals surface area contributed by atoms with Crippen molar-refractivity contribution < 1.29 is 18.7 Å². The van der Waals surface area contributed by atoms with Crippen molar-refractivity contribution in [2.45, 2.75) is 142 Å². The summed E-state index contributed by atoms with van der Waals surface area (Å²) in [6.07, 6.45) is 21.8. The Bertz CT molecular complexity index is 470. The maximum absolute atomic E-state index is 11.7. The number of carbonyl (C=O) groups excluding carboxylic acids is 1. The molecule has 0 aliphatic rings. The summed E-state index contributed by atoms with van der Waals surface area (Å²) in [6.45, 7) is 5.52. The van der Waals surface area contributed by atoms with Crippen LogP contribution in [0.15, 0.2) is 0 Å². The molecule has 0 fully saturated rings. The lowest BCUT2D eigenvalue weighted by molar-refractivity contribution is -0.140. The second-order valence-electron chi connectivity index (χ2n) is 9.05. The highest BCUT2D eigenvalue weighted by atomic mass is 32.2. The molecule has 0 aliphatic heterocycles. The van der Waals surface area contributed by atoms with Crippen molar-refractivity contribution in [2.24, 2.45) is 0 Å². The number of hydrogen-bond acceptors (Lipinski definition) is 6. The van der Waals surface area contributed by atoms with Crippen LogP contribution in [0.3, 0.4) is 0 Å². The van der Waals surface area contributed by atoms with Crippen LogP contribution in [0.2, 0.25) is 6.04 Å². The Morgan fingerprint density at radius 3 is 1.76 bits per heavy atom. The van der Waals surface area contributed by atoms with Gasteiger partial charge < -0.3 is 13.9 Å². The van der Waals surface area contributed by atoms with E-state index >= 15 is 0 Å². The van der Waals surface area contributed by atoms with Crippen LogP contribution in [0.5, 0.6) is 0 Å². The lowest BCUT2D eigenvalue weighted by Crippen LogP contribution is -2.17. The van der Waals surface area contributed by atoms with Gasteiger partial charge in [-0.2, -0.15) is 5.26 Å². The number of ether oxygens (including phenoxy) is 2. The van der Waals surface area contributed by atoms with Crippen LogP contribution < -0.4 is 0 Å². The molecule has 0 amide bonds. The molecule has 0 aromatic carbocycles. The summed E-state index contributed by atoms with van der Waals surface area (Å²) in [7, 11) is -0.694. The van der Waals surface area contributed by atoms with Gasteiger partial charge in [0.2, 0.25) is 9.76 Å². The Morgan fingerprint density at radius 2 is 1.26 bits per heavy atom. The molecule has 7 heteroatoms. The predicted octanol–water partition coefficient (Wildman–Crippen LogP) is 7.67. The van der Waals surface area contributed by atoms with Gasteiger partial charge in [0.15, 0.2) is 6.29 Å². The van der Waals surface area contributed by atoms with Gasteiger partial charge in [-0.15, -0.1) is 0 Å². The minimum Gasteiger partial charge on any atom is -0.525 e. The predicted molar refractivity (Wildman–Crippen MR) is 148 cm³/mol. The van der Waals surface area contributed by atoms with E-state index in [1.807, 2.05) is 13.8 Å². The minimum atomic E-state index is -0.694. The third-order valence-electron chi connectivity index (χ3n) is 5.99. The van der Waals surface area contributed by atoms with Gasteiger partial charge in [0.05, 0.1) is 0 Å². The molecule has 0 aliphatic carbocycles. The monoisotopic (exact) mass is 515 g/mol. The van der Waals surface area contributed by atoms with Crippen molar-refractivity contribution in [1.29, 1.82) is 5.26 Å². The molecule has 0 radical (unpaired) electrons. The van der Waals surface area contributed by atoms with E-state index in [1.165, 1.54) is 88.8 Å². The highest BCUT2D eigenvalue weighted by molar-refractivity contribution is 8.03. The molecule has 0 aromatic heterocycles. The van der Waals surface area contributed by atoms with Gasteiger partial charge in [-0.05, 0) is 57.3 Å². The Hall–Kier alpha value is -0.553. The molecule has 0 bridgehead atoms. The molecule has 0 N–H and O–H groups in total. The van der Waals surface area contributed by atoms with E-state index in [0.29, 0.717) is 6.42 Å². The number of nitrogens with zero attached hydrogens (tertiary/aromatic N) is 1. The largest absolute Gasteiger partial charge is 0.525 e. The number of carbonyl (C=O) groups is 1. The fourth-order valence-corrected chi connectivity index (χ4v) is 5.56. The van der Waals surface area contributed by atoms with Gasteiger partial charge in [0.1, 0.15) is 5.40 Å². The third-order valence-corrected chi connectivity index (χ3v) is 7.93. The average Bonchev–Trinajstić information content (AvgIpc) is 2.83. The highest BCUT2D eigenvalue weighted by Crippen LogP contribution is 2.15. The maximum atomic E-state index is 11.7. The second-order valence-corrected chi connectivity index (χ2v) is 11.3. The number of rotatable bonds is 27. The maximum Gasteiger partial charge on any atom is 0.292 e. The first-order valence-electron chi connectivity index (χ1n) is 14.1. The van der Waals surface area contributed by atoms with E-state index in [1.54, 1.807) is 0 Å². The molecule has 0 saturated carbocycles. The molecule has 0 rings (SSSR count). The lowest BCUT2D eigenvalue weighted by Gasteiger charge is -2.16. The smallest absolute Gasteiger partial charge is 0.292 e. The van der Waals surface area contributed by atoms with E-state index in [-0.39, 0.29) is 12.3 Å². The fraction of sp³-hybridized carbons (Fsp3) is 0.926. The van der Waals surface area contributed by atoms with Crippen molar-refractivity contribution in [3.8, 4) is 5.40 Å². The number of nitriles is 1.